The summed E-state index contributed by atoms with van der Waals surface area (Å²) in [6.07, 6.45) is 3.14. The van der Waals surface area contributed by atoms with Crippen LogP contribution in [0.2, 0.25) is 0 Å². The molecule has 4 rings (SSSR count). The Bertz CT molecular complexity index is 836. The average Bonchev–Trinajstić information content (AvgIpc) is 3.16. The Balaban J connectivity index is 1.39. The maximum atomic E-state index is 13.0. The number of carbonyl (C=O) groups excluding carboxylic acids is 1. The molecule has 0 bridgehead atoms. The maximum absolute atomic E-state index is 13.0. The third kappa shape index (κ3) is 3.97. The van der Waals surface area contributed by atoms with Crippen molar-refractivity contribution in [3.8, 4) is 11.5 Å². The van der Waals surface area contributed by atoms with Gasteiger partial charge in [-0.15, -0.1) is 0 Å². The third-order valence-corrected chi connectivity index (χ3v) is 7.79. The van der Waals surface area contributed by atoms with Gasteiger partial charge in [-0.2, -0.15) is 17.0 Å². The Hall–Kier alpha value is -1.84. The first kappa shape index (κ1) is 19.5. The van der Waals surface area contributed by atoms with Gasteiger partial charge in [-0.05, 0) is 43.7 Å². The molecule has 2 saturated heterocycles. The smallest absolute Gasteiger partial charge is 0.281 e. The van der Waals surface area contributed by atoms with Gasteiger partial charge in [0.2, 0.25) is 12.7 Å². The molecule has 3 heterocycles. The quantitative estimate of drug-likeness (QED) is 0.822. The molecular weight excluding hydrogens is 382 g/mol. The molecule has 0 spiro atoms. The lowest BCUT2D eigenvalue weighted by atomic mass is 9.98. The number of ether oxygens (including phenoxy) is 2. The fourth-order valence-electron chi connectivity index (χ4n) is 3.96. The largest absolute Gasteiger partial charge is 0.454 e. The van der Waals surface area contributed by atoms with E-state index in [0.29, 0.717) is 55.6 Å². The fourth-order valence-corrected chi connectivity index (χ4v) is 5.69. The zero-order valence-corrected chi connectivity index (χ0v) is 16.9. The standard InChI is InChI=1S/C19H27N3O5S/c1-14-6-9-21(10-7-14)28(24,25)22-8-2-3-15(12-22)19(23)20-16-4-5-17-18(11-16)27-13-26-17/h4-5,11,14-15H,2-3,6-10,12-13H2,1H3,(H,20,23). The number of rotatable bonds is 4. The summed E-state index contributed by atoms with van der Waals surface area (Å²) in [5.74, 6) is 1.30. The van der Waals surface area contributed by atoms with Crippen LogP contribution in [0.3, 0.4) is 0 Å². The summed E-state index contributed by atoms with van der Waals surface area (Å²) in [5.41, 5.74) is 0.624. The van der Waals surface area contributed by atoms with Crippen LogP contribution < -0.4 is 14.8 Å². The lowest BCUT2D eigenvalue weighted by Crippen LogP contribution is -2.51. The van der Waals surface area contributed by atoms with E-state index >= 15 is 0 Å². The van der Waals surface area contributed by atoms with Crippen molar-refractivity contribution in [1.82, 2.24) is 8.61 Å². The van der Waals surface area contributed by atoms with E-state index in [1.165, 1.54) is 4.31 Å². The first-order valence-electron chi connectivity index (χ1n) is 9.89. The second-order valence-electron chi connectivity index (χ2n) is 7.84. The molecule has 28 heavy (non-hydrogen) atoms. The van der Waals surface area contributed by atoms with Crippen LogP contribution in [-0.2, 0) is 15.0 Å². The summed E-state index contributed by atoms with van der Waals surface area (Å²) < 4.78 is 39.7. The van der Waals surface area contributed by atoms with Crippen molar-refractivity contribution >= 4 is 21.8 Å². The van der Waals surface area contributed by atoms with Crippen LogP contribution >= 0.6 is 0 Å². The van der Waals surface area contributed by atoms with Gasteiger partial charge in [0.15, 0.2) is 11.5 Å². The first-order chi connectivity index (χ1) is 13.4. The predicted octanol–water partition coefficient (Wildman–Crippen LogP) is 2.04. The van der Waals surface area contributed by atoms with Gasteiger partial charge in [-0.3, -0.25) is 4.79 Å². The van der Waals surface area contributed by atoms with Crippen LogP contribution in [0.4, 0.5) is 5.69 Å². The Kier molecular flexibility index (Phi) is 5.48. The number of amides is 1. The molecule has 1 aromatic rings. The van der Waals surface area contributed by atoms with Crippen molar-refractivity contribution in [2.45, 2.75) is 32.6 Å². The van der Waals surface area contributed by atoms with Crippen LogP contribution in [0.25, 0.3) is 0 Å². The van der Waals surface area contributed by atoms with Gasteiger partial charge < -0.3 is 14.8 Å². The number of carbonyl (C=O) groups is 1. The van der Waals surface area contributed by atoms with Crippen LogP contribution in [0.15, 0.2) is 18.2 Å². The molecule has 0 aromatic heterocycles. The number of anilines is 1. The summed E-state index contributed by atoms with van der Waals surface area (Å²) in [6, 6.07) is 5.25. The summed E-state index contributed by atoms with van der Waals surface area (Å²) in [4.78, 5) is 12.7. The molecule has 154 valence electrons. The molecule has 9 heteroatoms. The second kappa shape index (κ2) is 7.88. The van der Waals surface area contributed by atoms with Gasteiger partial charge in [0.05, 0.1) is 5.92 Å². The minimum atomic E-state index is -3.51. The van der Waals surface area contributed by atoms with Crippen LogP contribution in [0.5, 0.6) is 11.5 Å². The number of fused-ring (bicyclic) bond motifs is 1. The summed E-state index contributed by atoms with van der Waals surface area (Å²) >= 11 is 0. The van der Waals surface area contributed by atoms with Crippen molar-refractivity contribution in [1.29, 1.82) is 0 Å². The molecule has 1 N–H and O–H groups in total. The molecule has 0 saturated carbocycles. The van der Waals surface area contributed by atoms with Gasteiger partial charge in [0.1, 0.15) is 0 Å². The molecule has 1 amide bonds. The topological polar surface area (TPSA) is 88.2 Å². The lowest BCUT2D eigenvalue weighted by Gasteiger charge is -2.37. The Morgan fingerprint density at radius 1 is 1.07 bits per heavy atom. The van der Waals surface area contributed by atoms with Crippen molar-refractivity contribution in [3.05, 3.63) is 18.2 Å². The predicted molar refractivity (Wildman–Crippen MR) is 104 cm³/mol. The number of nitrogens with one attached hydrogen (secondary N) is 1. The number of hydrogen-bond acceptors (Lipinski definition) is 5. The van der Waals surface area contributed by atoms with Crippen molar-refractivity contribution < 1.29 is 22.7 Å². The van der Waals surface area contributed by atoms with Crippen LogP contribution in [0, 0.1) is 11.8 Å². The Labute approximate surface area is 166 Å². The van der Waals surface area contributed by atoms with E-state index < -0.39 is 10.2 Å². The molecule has 3 aliphatic heterocycles. The van der Waals surface area contributed by atoms with E-state index in [-0.39, 0.29) is 25.2 Å². The molecule has 0 aliphatic carbocycles. The van der Waals surface area contributed by atoms with E-state index in [1.54, 1.807) is 22.5 Å². The minimum Gasteiger partial charge on any atom is -0.454 e. The highest BCUT2D eigenvalue weighted by molar-refractivity contribution is 7.86. The first-order valence-corrected chi connectivity index (χ1v) is 11.3. The van der Waals surface area contributed by atoms with E-state index in [2.05, 4.69) is 12.2 Å². The molecule has 1 unspecified atom stereocenters. The second-order valence-corrected chi connectivity index (χ2v) is 9.77. The molecule has 2 fully saturated rings. The van der Waals surface area contributed by atoms with E-state index in [9.17, 15) is 13.2 Å². The molecule has 1 aromatic carbocycles. The number of benzene rings is 1. The van der Waals surface area contributed by atoms with Crippen molar-refractivity contribution in [2.24, 2.45) is 11.8 Å². The zero-order valence-electron chi connectivity index (χ0n) is 16.1. The average molecular weight is 410 g/mol. The van der Waals surface area contributed by atoms with Crippen LogP contribution in [-0.4, -0.2) is 55.9 Å². The van der Waals surface area contributed by atoms with E-state index in [1.807, 2.05) is 0 Å². The van der Waals surface area contributed by atoms with Gasteiger partial charge in [-0.25, -0.2) is 0 Å². The highest BCUT2D eigenvalue weighted by Gasteiger charge is 2.37. The lowest BCUT2D eigenvalue weighted by molar-refractivity contribution is -0.120. The SMILES string of the molecule is CC1CCN(S(=O)(=O)N2CCCC(C(=O)Nc3ccc4c(c3)OCO4)C2)CC1. The Morgan fingerprint density at radius 3 is 2.61 bits per heavy atom. The van der Waals surface area contributed by atoms with E-state index in [4.69, 9.17) is 9.47 Å². The molecule has 0 radical (unpaired) electrons. The highest BCUT2D eigenvalue weighted by atomic mass is 32.2. The summed E-state index contributed by atoms with van der Waals surface area (Å²) in [7, 11) is -3.51. The summed E-state index contributed by atoms with van der Waals surface area (Å²) in [5, 5.41) is 2.89. The molecule has 3 aliphatic rings. The number of hydrogen-bond donors (Lipinski definition) is 1. The van der Waals surface area contributed by atoms with E-state index in [0.717, 1.165) is 12.8 Å². The summed E-state index contributed by atoms with van der Waals surface area (Å²) in [6.45, 7) is 4.16. The molecule has 1 atom stereocenters. The van der Waals surface area contributed by atoms with Gasteiger partial charge in [0, 0.05) is 37.9 Å². The fraction of sp³-hybridized carbons (Fsp3) is 0.632. The Morgan fingerprint density at radius 2 is 1.82 bits per heavy atom. The third-order valence-electron chi connectivity index (χ3n) is 5.79. The highest BCUT2D eigenvalue weighted by Crippen LogP contribution is 2.34. The maximum Gasteiger partial charge on any atom is 0.281 e. The minimum absolute atomic E-state index is 0.161. The van der Waals surface area contributed by atoms with Gasteiger partial charge >= 0.3 is 0 Å². The normalized spacial score (nSPS) is 24.2. The monoisotopic (exact) mass is 409 g/mol. The molecule has 8 nitrogen and oxygen atoms in total. The van der Waals surface area contributed by atoms with Crippen molar-refractivity contribution in [2.75, 3.05) is 38.3 Å². The zero-order chi connectivity index (χ0) is 19.7. The number of nitrogens with zero attached hydrogens (tertiary/aromatic N) is 2. The van der Waals surface area contributed by atoms with Crippen molar-refractivity contribution in [3.63, 3.8) is 0 Å². The molecular formula is C19H27N3O5S. The van der Waals surface area contributed by atoms with Gasteiger partial charge in [-0.1, -0.05) is 6.92 Å². The van der Waals surface area contributed by atoms with Crippen LogP contribution in [0.1, 0.15) is 32.6 Å². The van der Waals surface area contributed by atoms with Gasteiger partial charge in [0.25, 0.3) is 10.2 Å². The number of piperidine rings is 2.